The van der Waals surface area contributed by atoms with Crippen molar-refractivity contribution in [3.63, 3.8) is 0 Å². The van der Waals surface area contributed by atoms with E-state index in [1.165, 1.54) is 4.40 Å². The van der Waals surface area contributed by atoms with Crippen LogP contribution in [0.5, 0.6) is 5.88 Å². The summed E-state index contributed by atoms with van der Waals surface area (Å²) < 4.78 is 7.17. The van der Waals surface area contributed by atoms with Crippen LogP contribution in [0.3, 0.4) is 0 Å². The molecule has 13 heteroatoms. The summed E-state index contributed by atoms with van der Waals surface area (Å²) in [5, 5.41) is 13.7. The van der Waals surface area contributed by atoms with E-state index in [-0.39, 0.29) is 34.9 Å². The largest absolute Gasteiger partial charge is 0.481 e. The molecule has 3 aromatic heterocycles. The summed E-state index contributed by atoms with van der Waals surface area (Å²) in [5.74, 6) is 0.627. The third-order valence-electron chi connectivity index (χ3n) is 10.1. The van der Waals surface area contributed by atoms with Gasteiger partial charge in [-0.05, 0) is 35.6 Å². The molecule has 2 atom stereocenters. The van der Waals surface area contributed by atoms with Gasteiger partial charge in [-0.15, -0.1) is 0 Å². The van der Waals surface area contributed by atoms with Crippen LogP contribution in [0.2, 0.25) is 10.0 Å². The SMILES string of the molecule is COc1nc(-c2cccc(-c3cccc(-c4ccn5c(=O)c(CNCC6NC(=O)CC6(C)C)cnc5c4)c3Cl)c2Cl)ccc1CNC[C@@H]1CCC(=O)N1. The van der Waals surface area contributed by atoms with Crippen molar-refractivity contribution in [1.82, 2.24) is 35.6 Å². The Bertz CT molecular complexity index is 2270. The molecule has 5 heterocycles. The standard InChI is InChI=1S/C40H41Cl2N7O4/c1-40(2)17-35(51)48-32(40)22-44-19-25-20-45-33-16-23(14-15-49(33)39(25)52)27-6-4-7-28(36(27)41)29-8-5-9-30(37(29)42)31-12-10-24(38(47-31)53-3)18-43-21-26-11-13-34(50)46-26/h4-10,12,14-16,20,26,32,43-44H,11,13,17-19,21-22H2,1-3H3,(H,46,50)(H,48,51)/t26-,32?/m0/s1. The molecule has 0 aliphatic carbocycles. The van der Waals surface area contributed by atoms with Crippen LogP contribution < -0.4 is 31.6 Å². The zero-order chi connectivity index (χ0) is 37.3. The second kappa shape index (κ2) is 15.3. The molecule has 4 N–H and O–H groups in total. The number of amides is 2. The number of pyridine rings is 2. The molecular formula is C40H41Cl2N7O4. The first kappa shape index (κ1) is 36.5. The normalized spacial score (nSPS) is 18.0. The first-order chi connectivity index (χ1) is 25.5. The number of rotatable bonds is 12. The summed E-state index contributed by atoms with van der Waals surface area (Å²) in [6, 6.07) is 19.2. The van der Waals surface area contributed by atoms with E-state index >= 15 is 0 Å². The van der Waals surface area contributed by atoms with Gasteiger partial charge in [0.05, 0.1) is 22.8 Å². The predicted octanol–water partition coefficient (Wildman–Crippen LogP) is 5.78. The number of nitrogens with one attached hydrogen (secondary N) is 4. The van der Waals surface area contributed by atoms with E-state index in [1.807, 2.05) is 60.7 Å². The molecule has 0 bridgehead atoms. The van der Waals surface area contributed by atoms with Crippen LogP contribution in [0.15, 0.2) is 77.9 Å². The van der Waals surface area contributed by atoms with E-state index in [0.717, 1.165) is 39.8 Å². The maximum absolute atomic E-state index is 13.4. The lowest BCUT2D eigenvalue weighted by Crippen LogP contribution is -2.42. The molecule has 2 aromatic carbocycles. The van der Waals surface area contributed by atoms with Gasteiger partial charge in [-0.3, -0.25) is 18.8 Å². The quantitative estimate of drug-likeness (QED) is 0.126. The Morgan fingerprint density at radius 2 is 1.57 bits per heavy atom. The van der Waals surface area contributed by atoms with E-state index < -0.39 is 0 Å². The van der Waals surface area contributed by atoms with Gasteiger partial charge in [0.1, 0.15) is 5.65 Å². The van der Waals surface area contributed by atoms with Crippen LogP contribution in [0.4, 0.5) is 0 Å². The van der Waals surface area contributed by atoms with E-state index in [0.29, 0.717) is 71.9 Å². The number of hydrogen-bond acceptors (Lipinski definition) is 8. The Balaban J connectivity index is 1.10. The van der Waals surface area contributed by atoms with Gasteiger partial charge < -0.3 is 26.0 Å². The first-order valence-corrected chi connectivity index (χ1v) is 18.4. The number of aromatic nitrogens is 3. The molecule has 0 radical (unpaired) electrons. The predicted molar refractivity (Wildman–Crippen MR) is 207 cm³/mol. The van der Waals surface area contributed by atoms with Gasteiger partial charge >= 0.3 is 0 Å². The average Bonchev–Trinajstić information content (AvgIpc) is 3.68. The lowest BCUT2D eigenvalue weighted by molar-refractivity contribution is -0.120. The van der Waals surface area contributed by atoms with Crippen molar-refractivity contribution in [2.24, 2.45) is 5.41 Å². The highest BCUT2D eigenvalue weighted by Gasteiger charge is 2.38. The third kappa shape index (κ3) is 7.66. The van der Waals surface area contributed by atoms with Crippen LogP contribution in [0.1, 0.15) is 44.2 Å². The number of carbonyl (C=O) groups excluding carboxylic acids is 2. The van der Waals surface area contributed by atoms with Gasteiger partial charge in [0.15, 0.2) is 0 Å². The smallest absolute Gasteiger partial charge is 0.262 e. The lowest BCUT2D eigenvalue weighted by atomic mass is 9.85. The fourth-order valence-corrected chi connectivity index (χ4v) is 7.76. The van der Waals surface area contributed by atoms with Crippen LogP contribution in [0.25, 0.3) is 39.2 Å². The van der Waals surface area contributed by atoms with Gasteiger partial charge in [-0.2, -0.15) is 0 Å². The molecule has 2 aliphatic rings. The van der Waals surface area contributed by atoms with Gasteiger partial charge in [-0.1, -0.05) is 79.5 Å². The van der Waals surface area contributed by atoms with E-state index in [9.17, 15) is 14.4 Å². The molecule has 1 unspecified atom stereocenters. The number of fused-ring (bicyclic) bond motifs is 1. The minimum atomic E-state index is -0.166. The van der Waals surface area contributed by atoms with Crippen LogP contribution in [-0.2, 0) is 22.7 Å². The molecule has 53 heavy (non-hydrogen) atoms. The number of benzene rings is 2. The van der Waals surface area contributed by atoms with Gasteiger partial charge in [-0.25, -0.2) is 9.97 Å². The summed E-state index contributed by atoms with van der Waals surface area (Å²) in [6.07, 6.45) is 5.19. The van der Waals surface area contributed by atoms with E-state index in [4.69, 9.17) is 32.9 Å². The molecule has 7 rings (SSSR count). The second-order valence-electron chi connectivity index (χ2n) is 14.3. The Kier molecular flexibility index (Phi) is 10.5. The maximum Gasteiger partial charge on any atom is 0.262 e. The molecule has 2 saturated heterocycles. The van der Waals surface area contributed by atoms with Crippen LogP contribution in [0, 0.1) is 5.41 Å². The van der Waals surface area contributed by atoms with Gasteiger partial charge in [0, 0.05) is 96.9 Å². The molecule has 11 nitrogen and oxygen atoms in total. The second-order valence-corrected chi connectivity index (χ2v) is 15.0. The summed E-state index contributed by atoms with van der Waals surface area (Å²) in [5.41, 5.74) is 6.03. The highest BCUT2D eigenvalue weighted by Crippen LogP contribution is 2.42. The summed E-state index contributed by atoms with van der Waals surface area (Å²) in [6.45, 7) is 6.22. The molecule has 0 spiro atoms. The molecule has 274 valence electrons. The molecule has 2 aliphatic heterocycles. The molecule has 0 saturated carbocycles. The number of carbonyl (C=O) groups is 2. The zero-order valence-corrected chi connectivity index (χ0v) is 31.3. The fraction of sp³-hybridized carbons (Fsp3) is 0.325. The zero-order valence-electron chi connectivity index (χ0n) is 29.8. The number of methoxy groups -OCH3 is 1. The number of ether oxygens (including phenoxy) is 1. The summed E-state index contributed by atoms with van der Waals surface area (Å²) in [4.78, 5) is 46.2. The van der Waals surface area contributed by atoms with Crippen LogP contribution >= 0.6 is 23.2 Å². The maximum atomic E-state index is 13.4. The first-order valence-electron chi connectivity index (χ1n) is 17.6. The minimum absolute atomic E-state index is 0.00818. The fourth-order valence-electron chi connectivity index (χ4n) is 7.10. The van der Waals surface area contributed by atoms with E-state index in [1.54, 1.807) is 19.5 Å². The minimum Gasteiger partial charge on any atom is -0.481 e. The monoisotopic (exact) mass is 753 g/mol. The van der Waals surface area contributed by atoms with E-state index in [2.05, 4.69) is 40.1 Å². The van der Waals surface area contributed by atoms with Crippen molar-refractivity contribution in [1.29, 1.82) is 0 Å². The summed E-state index contributed by atoms with van der Waals surface area (Å²) in [7, 11) is 1.59. The average molecular weight is 755 g/mol. The van der Waals surface area contributed by atoms with Crippen molar-refractivity contribution >= 4 is 40.7 Å². The Labute approximate surface area is 317 Å². The molecule has 2 fully saturated rings. The molecule has 5 aromatic rings. The lowest BCUT2D eigenvalue weighted by Gasteiger charge is -2.25. The van der Waals surface area contributed by atoms with Crippen molar-refractivity contribution in [2.75, 3.05) is 20.2 Å². The highest BCUT2D eigenvalue weighted by atomic mass is 35.5. The molecular weight excluding hydrogens is 713 g/mol. The molecule has 2 amide bonds. The van der Waals surface area contributed by atoms with Crippen molar-refractivity contribution in [2.45, 2.75) is 58.3 Å². The van der Waals surface area contributed by atoms with Gasteiger partial charge in [0.2, 0.25) is 17.7 Å². The van der Waals surface area contributed by atoms with Crippen molar-refractivity contribution in [3.05, 3.63) is 105 Å². The van der Waals surface area contributed by atoms with Crippen LogP contribution in [-0.4, -0.2) is 58.5 Å². The number of nitrogens with zero attached hydrogens (tertiary/aromatic N) is 3. The Morgan fingerprint density at radius 1 is 0.868 bits per heavy atom. The topological polar surface area (TPSA) is 139 Å². The Hall–Kier alpha value is -4.81. The Morgan fingerprint density at radius 3 is 2.26 bits per heavy atom. The number of halogens is 2. The van der Waals surface area contributed by atoms with Gasteiger partial charge in [0.25, 0.3) is 5.56 Å². The van der Waals surface area contributed by atoms with Crippen molar-refractivity contribution in [3.8, 4) is 39.4 Å². The number of hydrogen-bond donors (Lipinski definition) is 4. The highest BCUT2D eigenvalue weighted by molar-refractivity contribution is 6.39. The summed E-state index contributed by atoms with van der Waals surface area (Å²) >= 11 is 14.2. The van der Waals surface area contributed by atoms with Crippen molar-refractivity contribution < 1.29 is 14.3 Å². The third-order valence-corrected chi connectivity index (χ3v) is 11.0.